The van der Waals surface area contributed by atoms with Gasteiger partial charge in [0.05, 0.1) is 11.9 Å². The van der Waals surface area contributed by atoms with Crippen LogP contribution >= 0.6 is 0 Å². The van der Waals surface area contributed by atoms with E-state index in [-0.39, 0.29) is 31.0 Å². The Balaban J connectivity index is 2.90. The largest absolute Gasteiger partial charge is 0.391 e. The van der Waals surface area contributed by atoms with Gasteiger partial charge in [0, 0.05) is 18.5 Å². The van der Waals surface area contributed by atoms with Crippen molar-refractivity contribution in [1.82, 2.24) is 15.4 Å². The molecule has 3 amide bonds. The highest BCUT2D eigenvalue weighted by Crippen LogP contribution is 2.06. The van der Waals surface area contributed by atoms with Crippen LogP contribution in [0.1, 0.15) is 37.8 Å². The molecule has 0 radical (unpaired) electrons. The van der Waals surface area contributed by atoms with Gasteiger partial charge in [0.1, 0.15) is 17.9 Å². The van der Waals surface area contributed by atoms with E-state index < -0.39 is 45.9 Å². The van der Waals surface area contributed by atoms with Crippen molar-refractivity contribution in [2.75, 3.05) is 5.75 Å². The van der Waals surface area contributed by atoms with Crippen LogP contribution in [0, 0.1) is 5.41 Å². The number of carbonyl (C=O) groups is 3. The van der Waals surface area contributed by atoms with Crippen molar-refractivity contribution >= 4 is 33.6 Å². The first kappa shape index (κ1) is 27.0. The van der Waals surface area contributed by atoms with E-state index >= 15 is 0 Å². The van der Waals surface area contributed by atoms with Crippen molar-refractivity contribution < 1.29 is 27.9 Å². The quantitative estimate of drug-likeness (QED) is 0.127. The van der Waals surface area contributed by atoms with Gasteiger partial charge >= 0.3 is 0 Å². The second-order valence-corrected chi connectivity index (χ2v) is 9.18. The fourth-order valence-electron chi connectivity index (χ4n) is 2.58. The van der Waals surface area contributed by atoms with Crippen LogP contribution in [0.5, 0.6) is 0 Å². The number of hydrogen-bond donors (Lipinski definition) is 7. The number of aliphatic hydroxyl groups is 1. The van der Waals surface area contributed by atoms with E-state index in [0.29, 0.717) is 11.1 Å². The maximum Gasteiger partial charge on any atom is 0.242 e. The number of sulfonamides is 1. The molecule has 0 saturated heterocycles. The van der Waals surface area contributed by atoms with Crippen LogP contribution in [0.3, 0.4) is 0 Å². The number of primary amides is 1. The van der Waals surface area contributed by atoms with Crippen molar-refractivity contribution in [3.8, 4) is 0 Å². The van der Waals surface area contributed by atoms with E-state index in [2.05, 4.69) is 15.4 Å². The molecule has 0 aromatic heterocycles. The van der Waals surface area contributed by atoms with Crippen molar-refractivity contribution in [2.45, 2.75) is 51.4 Å². The number of aliphatic hydroxyl groups excluding tert-OH is 1. The van der Waals surface area contributed by atoms with Crippen molar-refractivity contribution in [1.29, 1.82) is 5.41 Å². The molecule has 0 heterocycles. The number of rotatable bonds is 13. The van der Waals surface area contributed by atoms with Crippen molar-refractivity contribution in [2.24, 2.45) is 11.5 Å². The van der Waals surface area contributed by atoms with Gasteiger partial charge in [-0.1, -0.05) is 24.3 Å². The third-order valence-corrected chi connectivity index (χ3v) is 5.87. The molecule has 1 aromatic carbocycles. The topological polar surface area (TPSA) is 218 Å². The number of amides is 3. The Morgan fingerprint density at radius 2 is 1.72 bits per heavy atom. The van der Waals surface area contributed by atoms with E-state index in [1.807, 2.05) is 0 Å². The van der Waals surface area contributed by atoms with Gasteiger partial charge in [0.2, 0.25) is 27.7 Å². The van der Waals surface area contributed by atoms with Crippen LogP contribution in [0.15, 0.2) is 24.3 Å². The second-order valence-electron chi connectivity index (χ2n) is 7.13. The van der Waals surface area contributed by atoms with Gasteiger partial charge in [0.15, 0.2) is 0 Å². The molecule has 1 aromatic rings. The number of nitrogens with one attached hydrogen (secondary N) is 4. The minimum absolute atomic E-state index is 0.0856. The number of nitrogen functional groups attached to an aromatic ring is 1. The van der Waals surface area contributed by atoms with Crippen LogP contribution in [-0.4, -0.2) is 61.0 Å². The molecule has 13 heteroatoms. The average molecular weight is 471 g/mol. The first-order valence-corrected chi connectivity index (χ1v) is 11.5. The van der Waals surface area contributed by atoms with Crippen LogP contribution in [0.2, 0.25) is 0 Å². The Labute approximate surface area is 186 Å². The molecule has 12 nitrogen and oxygen atoms in total. The summed E-state index contributed by atoms with van der Waals surface area (Å²) in [7, 11) is -3.82. The molecule has 0 saturated carbocycles. The summed E-state index contributed by atoms with van der Waals surface area (Å²) in [5.74, 6) is -2.64. The van der Waals surface area contributed by atoms with Gasteiger partial charge in [-0.05, 0) is 25.8 Å². The molecule has 32 heavy (non-hydrogen) atoms. The van der Waals surface area contributed by atoms with Gasteiger partial charge in [-0.2, -0.15) is 0 Å². The Morgan fingerprint density at radius 1 is 1.12 bits per heavy atom. The number of nitrogens with two attached hydrogens (primary N) is 2. The second kappa shape index (κ2) is 12.1. The summed E-state index contributed by atoms with van der Waals surface area (Å²) in [6.07, 6.45) is -1.70. The first-order valence-electron chi connectivity index (χ1n) is 9.84. The van der Waals surface area contributed by atoms with Crippen LogP contribution in [-0.2, 0) is 31.0 Å². The summed E-state index contributed by atoms with van der Waals surface area (Å²) >= 11 is 0. The average Bonchev–Trinajstić information content (AvgIpc) is 2.73. The zero-order valence-electron chi connectivity index (χ0n) is 17.9. The Kier molecular flexibility index (Phi) is 10.2. The van der Waals surface area contributed by atoms with Crippen LogP contribution < -0.4 is 26.8 Å². The molecular formula is C19H30N6O6S. The fourth-order valence-corrected chi connectivity index (χ4v) is 3.44. The lowest BCUT2D eigenvalue weighted by atomic mass is 10.1. The molecule has 0 aliphatic rings. The molecule has 0 fully saturated rings. The third kappa shape index (κ3) is 8.99. The molecule has 0 bridgehead atoms. The highest BCUT2D eigenvalue weighted by Gasteiger charge is 2.31. The van der Waals surface area contributed by atoms with Gasteiger partial charge in [-0.15, -0.1) is 0 Å². The van der Waals surface area contributed by atoms with Gasteiger partial charge < -0.3 is 27.2 Å². The van der Waals surface area contributed by atoms with Crippen molar-refractivity contribution in [3.63, 3.8) is 0 Å². The normalized spacial score (nSPS) is 14.1. The van der Waals surface area contributed by atoms with Gasteiger partial charge in [0.25, 0.3) is 0 Å². The van der Waals surface area contributed by atoms with Gasteiger partial charge in [-0.25, -0.2) is 13.1 Å². The van der Waals surface area contributed by atoms with E-state index in [0.717, 1.165) is 0 Å². The minimum Gasteiger partial charge on any atom is -0.391 e. The summed E-state index contributed by atoms with van der Waals surface area (Å²) in [4.78, 5) is 36.4. The molecule has 0 aliphatic heterocycles. The van der Waals surface area contributed by atoms with Crippen LogP contribution in [0.4, 0.5) is 0 Å². The van der Waals surface area contributed by atoms with E-state index in [9.17, 15) is 27.9 Å². The molecule has 0 spiro atoms. The van der Waals surface area contributed by atoms with E-state index in [1.165, 1.54) is 13.8 Å². The van der Waals surface area contributed by atoms with Crippen molar-refractivity contribution in [3.05, 3.63) is 35.4 Å². The molecular weight excluding hydrogens is 440 g/mol. The SMILES string of the molecule is CCS(=O)(=O)NC(C(=O)NC(CCC(N)=O)C(=O)NCc1ccc(C(=N)N)cc1)C(C)O. The monoisotopic (exact) mass is 470 g/mol. The maximum absolute atomic E-state index is 12.6. The molecule has 3 unspecified atom stereocenters. The summed E-state index contributed by atoms with van der Waals surface area (Å²) < 4.78 is 25.7. The number of benzene rings is 1. The van der Waals surface area contributed by atoms with E-state index in [1.54, 1.807) is 24.3 Å². The third-order valence-electron chi connectivity index (χ3n) is 4.50. The Morgan fingerprint density at radius 3 is 2.19 bits per heavy atom. The number of hydrogen-bond acceptors (Lipinski definition) is 7. The molecule has 1 rings (SSSR count). The smallest absolute Gasteiger partial charge is 0.242 e. The zero-order valence-corrected chi connectivity index (χ0v) is 18.7. The predicted molar refractivity (Wildman–Crippen MR) is 118 cm³/mol. The number of amidine groups is 1. The summed E-state index contributed by atoms with van der Waals surface area (Å²) in [5.41, 5.74) is 11.8. The highest BCUT2D eigenvalue weighted by molar-refractivity contribution is 7.89. The summed E-state index contributed by atoms with van der Waals surface area (Å²) in [5, 5.41) is 22.2. The first-order chi connectivity index (χ1) is 14.9. The minimum atomic E-state index is -3.82. The van der Waals surface area contributed by atoms with Crippen LogP contribution in [0.25, 0.3) is 0 Å². The molecule has 0 aliphatic carbocycles. The Hall–Kier alpha value is -3.03. The predicted octanol–water partition coefficient (Wildman–Crippen LogP) is -1.97. The lowest BCUT2D eigenvalue weighted by molar-refractivity contribution is -0.131. The highest BCUT2D eigenvalue weighted by atomic mass is 32.2. The molecule has 178 valence electrons. The molecule has 9 N–H and O–H groups in total. The number of carbonyl (C=O) groups excluding carboxylic acids is 3. The standard InChI is InChI=1S/C19H30N6O6S/c1-3-32(30,31)25-16(11(2)26)19(29)24-14(8-9-15(20)27)18(28)23-10-12-4-6-13(7-5-12)17(21)22/h4-7,11,14,16,25-26H,3,8-10H2,1-2H3,(H2,20,27)(H3,21,22)(H,23,28)(H,24,29). The lowest BCUT2D eigenvalue weighted by Gasteiger charge is -2.24. The van der Waals surface area contributed by atoms with E-state index in [4.69, 9.17) is 16.9 Å². The fraction of sp³-hybridized carbons (Fsp3) is 0.474. The van der Waals surface area contributed by atoms with Gasteiger partial charge in [-0.3, -0.25) is 19.8 Å². The zero-order chi connectivity index (χ0) is 24.5. The lowest BCUT2D eigenvalue weighted by Crippen LogP contribution is -2.57. The Bertz CT molecular complexity index is 932. The maximum atomic E-state index is 12.6. The summed E-state index contributed by atoms with van der Waals surface area (Å²) in [6.45, 7) is 2.68. The molecule has 3 atom stereocenters. The summed E-state index contributed by atoms with van der Waals surface area (Å²) in [6, 6.07) is 3.84.